The minimum absolute atomic E-state index is 0.510. The van der Waals surface area contributed by atoms with Crippen molar-refractivity contribution in [2.75, 3.05) is 13.1 Å². The van der Waals surface area contributed by atoms with E-state index in [2.05, 4.69) is 11.1 Å². The van der Waals surface area contributed by atoms with Crippen LogP contribution in [0.3, 0.4) is 0 Å². The highest BCUT2D eigenvalue weighted by molar-refractivity contribution is 5.78. The number of pyridine rings is 1. The number of hydrogen-bond donors (Lipinski definition) is 2. The lowest BCUT2D eigenvalue weighted by Crippen LogP contribution is -2.22. The van der Waals surface area contributed by atoms with Crippen LogP contribution in [0.4, 0.5) is 0 Å². The molecule has 0 amide bonds. The normalized spacial score (nSPS) is 24.8. The Morgan fingerprint density at radius 3 is 2.56 bits per heavy atom. The summed E-state index contributed by atoms with van der Waals surface area (Å²) >= 11 is 0. The Hall–Kier alpha value is -1.49. The van der Waals surface area contributed by atoms with Crippen LogP contribution in [-0.2, 0) is 6.54 Å². The fourth-order valence-corrected chi connectivity index (χ4v) is 2.40. The van der Waals surface area contributed by atoms with Crippen LogP contribution < -0.4 is 0 Å². The lowest BCUT2D eigenvalue weighted by molar-refractivity contribution is 0.0572. The second-order valence-corrected chi connectivity index (χ2v) is 4.82. The minimum atomic E-state index is -0.634. The molecule has 0 bridgehead atoms. The van der Waals surface area contributed by atoms with Gasteiger partial charge in [0.1, 0.15) is 0 Å². The summed E-state index contributed by atoms with van der Waals surface area (Å²) in [5.41, 5.74) is 1.95. The molecule has 1 saturated heterocycles. The van der Waals surface area contributed by atoms with Crippen molar-refractivity contribution in [3.8, 4) is 0 Å². The molecule has 1 aromatic heterocycles. The molecule has 1 aromatic carbocycles. The third kappa shape index (κ3) is 2.22. The maximum Gasteiger partial charge on any atom is 0.0938 e. The highest BCUT2D eigenvalue weighted by Gasteiger charge is 2.29. The van der Waals surface area contributed by atoms with E-state index in [0.29, 0.717) is 19.6 Å². The van der Waals surface area contributed by atoms with Gasteiger partial charge in [-0.3, -0.25) is 9.88 Å². The lowest BCUT2D eigenvalue weighted by atomic mass is 10.2. The molecule has 1 aliphatic heterocycles. The molecule has 2 heterocycles. The van der Waals surface area contributed by atoms with Gasteiger partial charge in [0.25, 0.3) is 0 Å². The third-order valence-electron chi connectivity index (χ3n) is 3.38. The molecule has 3 rings (SSSR count). The molecule has 4 nitrogen and oxygen atoms in total. The van der Waals surface area contributed by atoms with E-state index in [0.717, 1.165) is 16.6 Å². The summed E-state index contributed by atoms with van der Waals surface area (Å²) in [5.74, 6) is 0. The first-order chi connectivity index (χ1) is 8.72. The third-order valence-corrected chi connectivity index (χ3v) is 3.38. The monoisotopic (exact) mass is 244 g/mol. The van der Waals surface area contributed by atoms with Crippen molar-refractivity contribution in [1.29, 1.82) is 0 Å². The van der Waals surface area contributed by atoms with E-state index in [1.807, 2.05) is 35.2 Å². The second kappa shape index (κ2) is 4.65. The first-order valence-electron chi connectivity index (χ1n) is 6.15. The number of β-amino-alcohol motifs (C(OH)–C–C–N with tert-alkyl or cyclic N) is 2. The molecular formula is C14H16N2O2. The number of aromatic nitrogens is 1. The molecule has 18 heavy (non-hydrogen) atoms. The van der Waals surface area contributed by atoms with Crippen molar-refractivity contribution in [1.82, 2.24) is 9.88 Å². The van der Waals surface area contributed by atoms with Gasteiger partial charge in [0.05, 0.1) is 23.4 Å². The SMILES string of the molecule is OC1CN(Cc2ccc3ccccc3n2)CC1O. The van der Waals surface area contributed by atoms with Gasteiger partial charge in [-0.1, -0.05) is 24.3 Å². The molecule has 94 valence electrons. The Labute approximate surface area is 105 Å². The van der Waals surface area contributed by atoms with Gasteiger partial charge >= 0.3 is 0 Å². The summed E-state index contributed by atoms with van der Waals surface area (Å²) in [4.78, 5) is 6.60. The molecule has 4 heteroatoms. The average Bonchev–Trinajstić information content (AvgIpc) is 2.68. The fourth-order valence-electron chi connectivity index (χ4n) is 2.40. The number of hydrogen-bond acceptors (Lipinski definition) is 4. The molecule has 2 atom stereocenters. The van der Waals surface area contributed by atoms with Gasteiger partial charge in [-0.05, 0) is 12.1 Å². The highest BCUT2D eigenvalue weighted by atomic mass is 16.3. The van der Waals surface area contributed by atoms with Gasteiger partial charge in [0, 0.05) is 25.0 Å². The van der Waals surface area contributed by atoms with Gasteiger partial charge in [-0.15, -0.1) is 0 Å². The number of aliphatic hydroxyl groups is 2. The van der Waals surface area contributed by atoms with Crippen LogP contribution in [0.25, 0.3) is 10.9 Å². The Morgan fingerprint density at radius 1 is 1.06 bits per heavy atom. The van der Waals surface area contributed by atoms with Gasteiger partial charge in [0.15, 0.2) is 0 Å². The number of nitrogens with zero attached hydrogens (tertiary/aromatic N) is 2. The first kappa shape index (κ1) is 11.6. The molecule has 1 fully saturated rings. The first-order valence-corrected chi connectivity index (χ1v) is 6.15. The Morgan fingerprint density at radius 2 is 1.78 bits per heavy atom. The van der Waals surface area contributed by atoms with E-state index < -0.39 is 12.2 Å². The number of rotatable bonds is 2. The quantitative estimate of drug-likeness (QED) is 0.819. The van der Waals surface area contributed by atoms with Gasteiger partial charge < -0.3 is 10.2 Å². The summed E-state index contributed by atoms with van der Waals surface area (Å²) in [6, 6.07) is 12.1. The molecule has 0 saturated carbocycles. The zero-order valence-electron chi connectivity index (χ0n) is 10.0. The predicted octanol–water partition coefficient (Wildman–Crippen LogP) is 0.772. The summed E-state index contributed by atoms with van der Waals surface area (Å²) in [6.07, 6.45) is -1.27. The lowest BCUT2D eigenvalue weighted by Gasteiger charge is -2.14. The maximum absolute atomic E-state index is 9.51. The van der Waals surface area contributed by atoms with Gasteiger partial charge in [-0.25, -0.2) is 0 Å². The Bertz CT molecular complexity index is 548. The zero-order valence-corrected chi connectivity index (χ0v) is 10.0. The van der Waals surface area contributed by atoms with Gasteiger partial charge in [0.2, 0.25) is 0 Å². The van der Waals surface area contributed by atoms with E-state index in [-0.39, 0.29) is 0 Å². The summed E-state index contributed by atoms with van der Waals surface area (Å²) in [7, 11) is 0. The second-order valence-electron chi connectivity index (χ2n) is 4.82. The maximum atomic E-state index is 9.51. The van der Waals surface area contributed by atoms with Crippen LogP contribution >= 0.6 is 0 Å². The number of fused-ring (bicyclic) bond motifs is 1. The van der Waals surface area contributed by atoms with Crippen molar-refractivity contribution in [2.45, 2.75) is 18.8 Å². The van der Waals surface area contributed by atoms with Crippen LogP contribution in [0, 0.1) is 0 Å². The van der Waals surface area contributed by atoms with Crippen LogP contribution in [0.2, 0.25) is 0 Å². The fraction of sp³-hybridized carbons (Fsp3) is 0.357. The van der Waals surface area contributed by atoms with E-state index in [1.165, 1.54) is 0 Å². The summed E-state index contributed by atoms with van der Waals surface area (Å²) < 4.78 is 0. The number of likely N-dealkylation sites (tertiary alicyclic amines) is 1. The van der Waals surface area contributed by atoms with Crippen molar-refractivity contribution in [3.63, 3.8) is 0 Å². The molecule has 0 aliphatic carbocycles. The molecule has 2 aromatic rings. The minimum Gasteiger partial charge on any atom is -0.389 e. The summed E-state index contributed by atoms with van der Waals surface area (Å²) in [5, 5.41) is 20.1. The number of benzene rings is 1. The Balaban J connectivity index is 1.79. The summed E-state index contributed by atoms with van der Waals surface area (Å²) in [6.45, 7) is 1.68. The molecule has 1 aliphatic rings. The topological polar surface area (TPSA) is 56.6 Å². The van der Waals surface area contributed by atoms with Crippen molar-refractivity contribution in [2.24, 2.45) is 0 Å². The number of para-hydroxylation sites is 1. The van der Waals surface area contributed by atoms with Crippen LogP contribution in [0.5, 0.6) is 0 Å². The van der Waals surface area contributed by atoms with Gasteiger partial charge in [-0.2, -0.15) is 0 Å². The van der Waals surface area contributed by atoms with Crippen molar-refractivity contribution >= 4 is 10.9 Å². The molecule has 2 unspecified atom stereocenters. The largest absolute Gasteiger partial charge is 0.389 e. The van der Waals surface area contributed by atoms with Crippen LogP contribution in [0.1, 0.15) is 5.69 Å². The standard InChI is InChI=1S/C14H16N2O2/c17-13-8-16(9-14(13)18)7-11-6-5-10-3-1-2-4-12(10)15-11/h1-6,13-14,17-18H,7-9H2. The van der Waals surface area contributed by atoms with E-state index in [1.54, 1.807) is 0 Å². The predicted molar refractivity (Wildman–Crippen MR) is 69.0 cm³/mol. The van der Waals surface area contributed by atoms with E-state index in [9.17, 15) is 10.2 Å². The van der Waals surface area contributed by atoms with E-state index in [4.69, 9.17) is 0 Å². The molecular weight excluding hydrogens is 228 g/mol. The Kier molecular flexibility index (Phi) is 2.99. The smallest absolute Gasteiger partial charge is 0.0938 e. The van der Waals surface area contributed by atoms with Crippen molar-refractivity contribution < 1.29 is 10.2 Å². The number of aliphatic hydroxyl groups excluding tert-OH is 2. The van der Waals surface area contributed by atoms with E-state index >= 15 is 0 Å². The highest BCUT2D eigenvalue weighted by Crippen LogP contribution is 2.16. The van der Waals surface area contributed by atoms with Crippen molar-refractivity contribution in [3.05, 3.63) is 42.1 Å². The van der Waals surface area contributed by atoms with Crippen LogP contribution in [-0.4, -0.2) is 45.4 Å². The average molecular weight is 244 g/mol. The molecule has 0 spiro atoms. The zero-order chi connectivity index (χ0) is 12.5. The molecule has 0 radical (unpaired) electrons. The molecule has 2 N–H and O–H groups in total. The van der Waals surface area contributed by atoms with Crippen LogP contribution in [0.15, 0.2) is 36.4 Å².